The molecule has 1 rings (SSSR count). The number of carbonyl (C=O) groups is 2. The van der Waals surface area contributed by atoms with Crippen LogP contribution in [0.1, 0.15) is 16.8 Å². The zero-order chi connectivity index (χ0) is 14.4. The topological polar surface area (TPSA) is 92.4 Å². The summed E-state index contributed by atoms with van der Waals surface area (Å²) in [6.45, 7) is 0. The lowest BCUT2D eigenvalue weighted by Gasteiger charge is -2.12. The average molecular weight is 347 g/mol. The normalized spacial score (nSPS) is 11.9. The number of rotatable bonds is 6. The van der Waals surface area contributed by atoms with E-state index in [4.69, 9.17) is 10.8 Å². The summed E-state index contributed by atoms with van der Waals surface area (Å²) in [5, 5.41) is 11.6. The zero-order valence-electron chi connectivity index (χ0n) is 10.4. The lowest BCUT2D eigenvalue weighted by atomic mass is 10.2. The second kappa shape index (κ2) is 7.52. The Balaban J connectivity index is 2.74. The number of anilines is 1. The first-order valence-electron chi connectivity index (χ1n) is 5.54. The first kappa shape index (κ1) is 16.0. The number of nitrogens with two attached hydrogens (primary N) is 1. The molecule has 7 heteroatoms. The van der Waals surface area contributed by atoms with E-state index in [1.54, 1.807) is 23.9 Å². The van der Waals surface area contributed by atoms with Gasteiger partial charge >= 0.3 is 5.97 Å². The van der Waals surface area contributed by atoms with E-state index in [0.717, 1.165) is 5.75 Å². The largest absolute Gasteiger partial charge is 0.478 e. The SMILES string of the molecule is CSCC[C@@H](N)C(=O)Nc1ccc(Br)c(C(=O)O)c1. The molecule has 1 atom stereocenters. The number of hydrogen-bond acceptors (Lipinski definition) is 4. The van der Waals surface area contributed by atoms with E-state index in [9.17, 15) is 9.59 Å². The van der Waals surface area contributed by atoms with Crippen molar-refractivity contribution >= 4 is 45.3 Å². The minimum atomic E-state index is -1.06. The molecule has 0 fully saturated rings. The molecule has 0 aliphatic rings. The van der Waals surface area contributed by atoms with Crippen LogP contribution in [0.15, 0.2) is 22.7 Å². The number of nitrogens with one attached hydrogen (secondary N) is 1. The van der Waals surface area contributed by atoms with Crippen molar-refractivity contribution in [3.8, 4) is 0 Å². The van der Waals surface area contributed by atoms with E-state index < -0.39 is 12.0 Å². The molecule has 0 saturated heterocycles. The number of aromatic carboxylic acids is 1. The van der Waals surface area contributed by atoms with Gasteiger partial charge in [0.25, 0.3) is 0 Å². The number of carbonyl (C=O) groups excluding carboxylic acids is 1. The first-order chi connectivity index (χ1) is 8.95. The van der Waals surface area contributed by atoms with Crippen LogP contribution in [0.5, 0.6) is 0 Å². The van der Waals surface area contributed by atoms with E-state index in [2.05, 4.69) is 21.2 Å². The van der Waals surface area contributed by atoms with Crippen molar-refractivity contribution in [2.24, 2.45) is 5.73 Å². The standard InChI is InChI=1S/C12H15BrN2O3S/c1-19-5-4-10(14)11(16)15-7-2-3-9(13)8(6-7)12(17)18/h2-3,6,10H,4-5,14H2,1H3,(H,15,16)(H,17,18)/t10-/m1/s1. The van der Waals surface area contributed by atoms with Gasteiger partial charge in [0, 0.05) is 10.2 Å². The second-order valence-electron chi connectivity index (χ2n) is 3.88. The van der Waals surface area contributed by atoms with Crippen LogP contribution in [-0.2, 0) is 4.79 Å². The number of halogens is 1. The van der Waals surface area contributed by atoms with Crippen LogP contribution in [0.4, 0.5) is 5.69 Å². The molecular formula is C12H15BrN2O3S. The number of amides is 1. The summed E-state index contributed by atoms with van der Waals surface area (Å²) in [6, 6.07) is 4.00. The van der Waals surface area contributed by atoms with Gasteiger partial charge in [0.05, 0.1) is 11.6 Å². The fourth-order valence-electron chi connectivity index (χ4n) is 1.38. The minimum Gasteiger partial charge on any atom is -0.478 e. The maximum Gasteiger partial charge on any atom is 0.336 e. The summed E-state index contributed by atoms with van der Waals surface area (Å²) in [7, 11) is 0. The van der Waals surface area contributed by atoms with Gasteiger partial charge in [0.15, 0.2) is 0 Å². The van der Waals surface area contributed by atoms with E-state index in [1.807, 2.05) is 6.26 Å². The van der Waals surface area contributed by atoms with Gasteiger partial charge in [-0.25, -0.2) is 4.79 Å². The molecule has 0 spiro atoms. The molecular weight excluding hydrogens is 332 g/mol. The van der Waals surface area contributed by atoms with Crippen LogP contribution < -0.4 is 11.1 Å². The highest BCUT2D eigenvalue weighted by molar-refractivity contribution is 9.10. The highest BCUT2D eigenvalue weighted by atomic mass is 79.9. The van der Waals surface area contributed by atoms with Gasteiger partial charge in [-0.1, -0.05) is 0 Å². The maximum absolute atomic E-state index is 11.8. The summed E-state index contributed by atoms with van der Waals surface area (Å²) in [5.41, 5.74) is 6.24. The number of carboxylic acid groups (broad SMARTS) is 1. The molecule has 19 heavy (non-hydrogen) atoms. The smallest absolute Gasteiger partial charge is 0.336 e. The van der Waals surface area contributed by atoms with Crippen molar-refractivity contribution < 1.29 is 14.7 Å². The van der Waals surface area contributed by atoms with Crippen molar-refractivity contribution in [1.29, 1.82) is 0 Å². The van der Waals surface area contributed by atoms with E-state index in [-0.39, 0.29) is 11.5 Å². The monoisotopic (exact) mass is 346 g/mol. The molecule has 104 valence electrons. The van der Waals surface area contributed by atoms with Gasteiger partial charge in [-0.05, 0) is 52.6 Å². The van der Waals surface area contributed by atoms with Gasteiger partial charge in [0.2, 0.25) is 5.91 Å². The molecule has 0 unspecified atom stereocenters. The van der Waals surface area contributed by atoms with Crippen molar-refractivity contribution in [2.45, 2.75) is 12.5 Å². The van der Waals surface area contributed by atoms with Crippen molar-refractivity contribution in [2.75, 3.05) is 17.3 Å². The lowest BCUT2D eigenvalue weighted by Crippen LogP contribution is -2.36. The number of thioether (sulfide) groups is 1. The van der Waals surface area contributed by atoms with E-state index in [0.29, 0.717) is 16.6 Å². The second-order valence-corrected chi connectivity index (χ2v) is 5.72. The van der Waals surface area contributed by atoms with Gasteiger partial charge in [-0.3, -0.25) is 4.79 Å². The van der Waals surface area contributed by atoms with Crippen LogP contribution in [0.25, 0.3) is 0 Å². The van der Waals surface area contributed by atoms with Crippen LogP contribution >= 0.6 is 27.7 Å². The molecule has 4 N–H and O–H groups in total. The van der Waals surface area contributed by atoms with Crippen LogP contribution in [-0.4, -0.2) is 35.0 Å². The van der Waals surface area contributed by atoms with Crippen molar-refractivity contribution in [3.05, 3.63) is 28.2 Å². The summed E-state index contributed by atoms with van der Waals surface area (Å²) in [4.78, 5) is 22.7. The highest BCUT2D eigenvalue weighted by Gasteiger charge is 2.15. The Labute approximate surface area is 124 Å². The Bertz CT molecular complexity index is 482. The van der Waals surface area contributed by atoms with E-state index >= 15 is 0 Å². The average Bonchev–Trinajstić information content (AvgIpc) is 2.37. The Hall–Kier alpha value is -1.05. The first-order valence-corrected chi connectivity index (χ1v) is 7.72. The Kier molecular flexibility index (Phi) is 6.33. The molecule has 0 saturated carbocycles. The molecule has 0 bridgehead atoms. The maximum atomic E-state index is 11.8. The van der Waals surface area contributed by atoms with Gasteiger partial charge in [0.1, 0.15) is 0 Å². The fraction of sp³-hybridized carbons (Fsp3) is 0.333. The number of benzene rings is 1. The van der Waals surface area contributed by atoms with Crippen molar-refractivity contribution in [3.63, 3.8) is 0 Å². The number of hydrogen-bond donors (Lipinski definition) is 3. The summed E-state index contributed by atoms with van der Waals surface area (Å²) < 4.78 is 0.463. The van der Waals surface area contributed by atoms with Crippen LogP contribution in [0.2, 0.25) is 0 Å². The quantitative estimate of drug-likeness (QED) is 0.733. The van der Waals surface area contributed by atoms with Crippen LogP contribution in [0, 0.1) is 0 Å². The third-order valence-electron chi connectivity index (χ3n) is 2.43. The lowest BCUT2D eigenvalue weighted by molar-refractivity contribution is -0.117. The molecule has 1 aromatic rings. The van der Waals surface area contributed by atoms with E-state index in [1.165, 1.54) is 6.07 Å². The van der Waals surface area contributed by atoms with Gasteiger partial charge < -0.3 is 16.2 Å². The summed E-state index contributed by atoms with van der Waals surface area (Å²) in [5.74, 6) is -0.572. The predicted molar refractivity (Wildman–Crippen MR) is 80.7 cm³/mol. The Morgan fingerprint density at radius 2 is 2.21 bits per heavy atom. The zero-order valence-corrected chi connectivity index (χ0v) is 12.8. The summed E-state index contributed by atoms with van der Waals surface area (Å²) in [6.07, 6.45) is 2.52. The van der Waals surface area contributed by atoms with Crippen LogP contribution in [0.3, 0.4) is 0 Å². The molecule has 0 radical (unpaired) electrons. The molecule has 0 aliphatic carbocycles. The third-order valence-corrected chi connectivity index (χ3v) is 3.77. The summed E-state index contributed by atoms with van der Waals surface area (Å²) >= 11 is 4.76. The molecule has 0 aliphatic heterocycles. The van der Waals surface area contributed by atoms with Gasteiger partial charge in [-0.15, -0.1) is 0 Å². The molecule has 1 aromatic carbocycles. The molecule has 0 heterocycles. The predicted octanol–water partition coefficient (Wildman–Crippen LogP) is 2.17. The minimum absolute atomic E-state index is 0.0930. The molecule has 1 amide bonds. The highest BCUT2D eigenvalue weighted by Crippen LogP contribution is 2.21. The molecule has 0 aromatic heterocycles. The van der Waals surface area contributed by atoms with Crippen molar-refractivity contribution in [1.82, 2.24) is 0 Å². The Morgan fingerprint density at radius 1 is 1.53 bits per heavy atom. The number of carboxylic acids is 1. The van der Waals surface area contributed by atoms with Gasteiger partial charge in [-0.2, -0.15) is 11.8 Å². The molecule has 5 nitrogen and oxygen atoms in total. The third kappa shape index (κ3) is 4.85. The fourth-order valence-corrected chi connectivity index (χ4v) is 2.28. The Morgan fingerprint density at radius 3 is 2.79 bits per heavy atom.